The van der Waals surface area contributed by atoms with Gasteiger partial charge in [-0.2, -0.15) is 0 Å². The molecule has 0 fully saturated rings. The number of ether oxygens (including phenoxy) is 5. The first-order valence-corrected chi connectivity index (χ1v) is 37.0. The normalized spacial score (nSPS) is 12.4. The molecule has 0 saturated carbocycles. The molecule has 36 heteroatoms. The molecule has 2 unspecified atom stereocenters. The van der Waals surface area contributed by atoms with E-state index in [-0.39, 0.29) is 82.7 Å². The van der Waals surface area contributed by atoms with E-state index in [4.69, 9.17) is 43.6 Å². The molecule has 0 aliphatic heterocycles. The van der Waals surface area contributed by atoms with Crippen molar-refractivity contribution in [3.8, 4) is 22.3 Å². The minimum atomic E-state index is -4.72. The summed E-state index contributed by atoms with van der Waals surface area (Å²) in [5.41, 5.74) is 11.4. The van der Waals surface area contributed by atoms with Gasteiger partial charge in [0.25, 0.3) is 0 Å². The maximum atomic E-state index is 13.1. The van der Waals surface area contributed by atoms with Gasteiger partial charge in [-0.25, -0.2) is 28.3 Å². The topological polar surface area (TPSA) is 391 Å². The second-order valence-corrected chi connectivity index (χ2v) is 28.0. The van der Waals surface area contributed by atoms with E-state index < -0.39 is 83.5 Å². The summed E-state index contributed by atoms with van der Waals surface area (Å²) in [6.07, 6.45) is -0.793. The Morgan fingerprint density at radius 2 is 0.859 bits per heavy atom. The molecule has 6 aromatic carbocycles. The standard InChI is InChI=1S/C32H37N2O11PS2.C31H35N2O11PS2.4Fm/c1-42-30(36)19-43-14-12-22-16-21(17-35)10-11-29(22)48-47-20-28(31(37)33-13-15-45-46(39,40)41)34-32(38)44-18-27-25-8-4-2-6-23(25)24-7-3-5-9-26(24)27;34-16-20-9-10-28(21(15-20)11-13-42-18-29(35)36)47-46-19-27(30(37)32-12-14-44-45(39,40)41)33-31(38)43-17-26-24-7-3-1-5-22(24)23-6-2-4-8-25(23)26;;;;/h2-11,16,27-28,35H,12-15,17-20H2,1H3,(H,33,37)(H,34,38)(H2,39,40,41);1-10,15,26-27,34H,11-14,16-19H2,(H,32,37)(H,33,38)(H,35,36)(H2,39,40,41);;;;. The molecule has 99 heavy (non-hydrogen) atoms. The van der Waals surface area contributed by atoms with E-state index in [1.54, 1.807) is 24.3 Å². The van der Waals surface area contributed by atoms with Gasteiger partial charge in [-0.3, -0.25) is 18.6 Å². The first-order valence-electron chi connectivity index (χ1n) is 29.3. The molecule has 0 aromatic heterocycles. The molecule has 558 valence electrons. The van der Waals surface area contributed by atoms with Crippen LogP contribution in [0.5, 0.6) is 0 Å². The van der Waals surface area contributed by atoms with Crippen LogP contribution in [0.2, 0.25) is 0 Å². The number of carboxylic acids is 1. The molecular weight excluding hydrogens is 2380 g/mol. The summed E-state index contributed by atoms with van der Waals surface area (Å²) in [6, 6.07) is 40.2. The number of carbonyl (C=O) groups excluding carboxylic acids is 5. The van der Waals surface area contributed by atoms with E-state index in [0.29, 0.717) is 24.0 Å². The number of hydrogen-bond donors (Lipinski definition) is 11. The van der Waals surface area contributed by atoms with Gasteiger partial charge in [-0.1, -0.05) is 165 Å². The Kier molecular flexibility index (Phi) is 33.9. The zero-order valence-corrected chi connectivity index (χ0v) is 66.9. The predicted octanol–water partition coefficient (Wildman–Crippen LogP) is 7.48. The number of esters is 1. The Labute approximate surface area is 562 Å². The van der Waals surface area contributed by atoms with Crippen LogP contribution in [-0.4, -0.2) is 167 Å². The minimum Gasteiger partial charge on any atom is -0.480 e. The van der Waals surface area contributed by atoms with E-state index in [1.165, 1.54) is 50.3 Å². The number of fused-ring (bicyclic) bond motifs is 6. The van der Waals surface area contributed by atoms with Crippen LogP contribution in [0.3, 0.4) is 0 Å². The molecule has 2 aliphatic carbocycles. The molecule has 0 spiro atoms. The molecule has 26 nitrogen and oxygen atoms in total. The summed E-state index contributed by atoms with van der Waals surface area (Å²) >= 11 is 0. The molecule has 0 bridgehead atoms. The summed E-state index contributed by atoms with van der Waals surface area (Å²) < 4.78 is 57.1. The van der Waals surface area contributed by atoms with Gasteiger partial charge in [0.2, 0.25) is 11.8 Å². The second-order valence-electron chi connectivity index (χ2n) is 20.8. The van der Waals surface area contributed by atoms with Crippen LogP contribution in [0, 0.1) is 0 Å². The third-order valence-corrected chi connectivity index (χ3v) is 20.3. The zero-order chi connectivity index (χ0) is 68.3. The van der Waals surface area contributed by atoms with Crippen molar-refractivity contribution in [1.29, 1.82) is 0 Å². The number of methoxy groups -OCH3 is 1. The second kappa shape index (κ2) is 40.7. The number of aliphatic carboxylic acids is 1. The van der Waals surface area contributed by atoms with Crippen LogP contribution in [0.1, 0.15) is 56.3 Å². The van der Waals surface area contributed by atoms with E-state index in [0.717, 1.165) is 65.4 Å². The fourth-order valence-corrected chi connectivity index (χ4v) is 15.5. The number of carbonyl (C=O) groups is 6. The first kappa shape index (κ1) is 82.4. The van der Waals surface area contributed by atoms with Crippen LogP contribution in [0.15, 0.2) is 143 Å². The van der Waals surface area contributed by atoms with Crippen molar-refractivity contribution in [2.45, 2.75) is 59.8 Å². The molecule has 4 amide bonds. The minimum absolute atomic E-state index is 0. The van der Waals surface area contributed by atoms with Crippen LogP contribution in [0.4, 0.5) is 9.59 Å². The average molecular weight is 2460 g/mol. The molecular formula is C63H72Fm4N4O22P2S4. The van der Waals surface area contributed by atoms with Gasteiger partial charge in [0, 0.05) is 46.2 Å². The summed E-state index contributed by atoms with van der Waals surface area (Å²) in [5.74, 6) is -2.97. The van der Waals surface area contributed by atoms with Gasteiger partial charge < -0.3 is 79.8 Å². The fraction of sp³-hybridized carbons (Fsp3) is 0.333. The van der Waals surface area contributed by atoms with E-state index in [1.807, 2.05) is 109 Å². The van der Waals surface area contributed by atoms with Crippen LogP contribution < -0.4 is 21.3 Å². The van der Waals surface area contributed by atoms with Gasteiger partial charge in [-0.05, 0) is 91.7 Å². The average Bonchev–Trinajstić information content (AvgIpc) is 1.63. The Bertz CT molecular complexity index is 3630. The van der Waals surface area contributed by atoms with E-state index >= 15 is 0 Å². The number of amides is 4. The molecule has 0 saturated heterocycles. The largest absolute Gasteiger partial charge is 0.480 e. The van der Waals surface area contributed by atoms with Crippen molar-refractivity contribution in [3.05, 3.63) is 178 Å². The number of hydrogen-bond acceptors (Lipinski definition) is 21. The first-order chi connectivity index (χ1) is 45.6. The molecule has 2 aliphatic rings. The Balaban J connectivity index is 0.000000495. The number of phosphoric acid groups is 2. The number of rotatable bonds is 36. The van der Waals surface area contributed by atoms with Gasteiger partial charge in [0.1, 0.15) is 38.5 Å². The van der Waals surface area contributed by atoms with Crippen molar-refractivity contribution in [2.24, 2.45) is 0 Å². The smallest absolute Gasteiger partial charge is 0.469 e. The van der Waals surface area contributed by atoms with Gasteiger partial charge >= 0.3 is 39.8 Å². The van der Waals surface area contributed by atoms with Crippen molar-refractivity contribution in [2.75, 3.05) is 84.6 Å². The number of nitrogens with one attached hydrogen (secondary N) is 4. The predicted molar refractivity (Wildman–Crippen MR) is 356 cm³/mol. The summed E-state index contributed by atoms with van der Waals surface area (Å²) in [5, 5.41) is 38.3. The van der Waals surface area contributed by atoms with Crippen molar-refractivity contribution in [1.82, 2.24) is 21.3 Å². The molecule has 0 radical (unpaired) electrons. The monoisotopic (exact) mass is 2450 g/mol. The number of aliphatic hydroxyl groups is 2. The number of alkyl carbamates (subject to hydrolysis) is 2. The van der Waals surface area contributed by atoms with E-state index in [9.17, 15) is 48.1 Å². The Morgan fingerprint density at radius 1 is 0.505 bits per heavy atom. The van der Waals surface area contributed by atoms with Gasteiger partial charge in [0.15, 0.2) is 0 Å². The summed E-state index contributed by atoms with van der Waals surface area (Å²) in [7, 11) is -2.96. The fourth-order valence-electron chi connectivity index (χ4n) is 9.94. The van der Waals surface area contributed by atoms with Crippen LogP contribution in [0.25, 0.3) is 22.3 Å². The Morgan fingerprint density at radius 3 is 1.19 bits per heavy atom. The van der Waals surface area contributed by atoms with Crippen molar-refractivity contribution >= 4 is 94.8 Å². The van der Waals surface area contributed by atoms with Gasteiger partial charge in [-0.15, -0.1) is 0 Å². The van der Waals surface area contributed by atoms with Crippen LogP contribution in [-0.2, 0) is 87.1 Å². The molecule has 0 heterocycles. The number of phosphoric ester groups is 2. The maximum Gasteiger partial charge on any atom is 0.469 e. The van der Waals surface area contributed by atoms with Crippen molar-refractivity contribution < 1.29 is 106 Å². The quantitative estimate of drug-likeness (QED) is 0.00597. The number of benzene rings is 6. The van der Waals surface area contributed by atoms with Crippen molar-refractivity contribution in [3.63, 3.8) is 0 Å². The Hall–Kier alpha value is -10.8. The molecule has 2 atom stereocenters. The molecule has 11 N–H and O–H groups in total. The molecule has 8 rings (SSSR count). The SMILES string of the molecule is COC(=O)COCCc1cc(CO)ccc1SSCC(NC(=O)OCC1c2ccccc2-c2ccccc21)C(=O)NCCOP(=O)(O)O.O=C(O)COCCc1cc(CO)ccc1SSCC(NC(=O)OCC1c2ccccc2-c2ccccc21)C(=O)NCCOP(=O)(O)O.[Fm].[Fm].[Fm].[Fm]. The van der Waals surface area contributed by atoms with Crippen LogP contribution >= 0.6 is 58.8 Å². The van der Waals surface area contributed by atoms with Gasteiger partial charge in [0.05, 0.1) is 46.8 Å². The number of carboxylic acid groups (broad SMARTS) is 1. The third kappa shape index (κ3) is 25.6. The summed E-state index contributed by atoms with van der Waals surface area (Å²) in [6.45, 7) is -1.81. The number of aliphatic hydroxyl groups excluding tert-OH is 2. The zero-order valence-electron chi connectivity index (χ0n) is 52.3. The summed E-state index contributed by atoms with van der Waals surface area (Å²) in [4.78, 5) is 112. The maximum absolute atomic E-state index is 13.1. The third-order valence-electron chi connectivity index (χ3n) is 14.3. The van der Waals surface area contributed by atoms with E-state index in [2.05, 4.69) is 35.1 Å². The molecule has 6 aromatic rings.